The fourth-order valence-electron chi connectivity index (χ4n) is 2.56. The third kappa shape index (κ3) is 5.21. The Hall–Kier alpha value is -3.11. The van der Waals surface area contributed by atoms with Gasteiger partial charge in [0.25, 0.3) is 0 Å². The van der Waals surface area contributed by atoms with Gasteiger partial charge in [0, 0.05) is 17.3 Å². The number of ether oxygens (including phenoxy) is 1. The molecule has 28 heavy (non-hydrogen) atoms. The summed E-state index contributed by atoms with van der Waals surface area (Å²) in [6.07, 6.45) is 3.19. The molecule has 0 saturated carbocycles. The molecule has 0 heterocycles. The number of carbonyl (C=O) groups excluding carboxylic acids is 1. The Kier molecular flexibility index (Phi) is 6.45. The molecule has 3 aromatic rings. The second-order valence-electron chi connectivity index (χ2n) is 6.20. The minimum Gasteiger partial charge on any atom is -0.489 e. The van der Waals surface area contributed by atoms with Crippen LogP contribution in [0.15, 0.2) is 72.8 Å². The van der Waals surface area contributed by atoms with Crippen molar-refractivity contribution in [3.63, 3.8) is 0 Å². The summed E-state index contributed by atoms with van der Waals surface area (Å²) in [7, 11) is 0. The highest BCUT2D eigenvalue weighted by Gasteiger charge is 2.07. The maximum Gasteiger partial charge on any atom is 0.248 e. The van der Waals surface area contributed by atoms with Crippen molar-refractivity contribution in [3.8, 4) is 5.75 Å². The number of aryl methyl sites for hydroxylation is 1. The molecule has 0 aromatic heterocycles. The Morgan fingerprint density at radius 1 is 1.07 bits per heavy atom. The highest BCUT2D eigenvalue weighted by Crippen LogP contribution is 2.22. The SMILES string of the molecule is Cc1ccccc1NC(=O)C=Cc1ccc(OCc2c(F)cccc2Cl)cc1. The van der Waals surface area contributed by atoms with Gasteiger partial charge in [-0.2, -0.15) is 0 Å². The number of rotatable bonds is 6. The average Bonchev–Trinajstić information content (AvgIpc) is 2.69. The number of anilines is 1. The van der Waals surface area contributed by atoms with Gasteiger partial charge in [0.1, 0.15) is 18.2 Å². The molecule has 0 aliphatic rings. The lowest BCUT2D eigenvalue weighted by atomic mass is 10.2. The molecule has 0 fully saturated rings. The molecule has 3 rings (SSSR count). The number of nitrogens with one attached hydrogen (secondary N) is 1. The number of benzene rings is 3. The van der Waals surface area contributed by atoms with Crippen LogP contribution in [0.25, 0.3) is 6.08 Å². The van der Waals surface area contributed by atoms with Gasteiger partial charge < -0.3 is 10.1 Å². The van der Waals surface area contributed by atoms with Crippen LogP contribution >= 0.6 is 11.6 Å². The zero-order chi connectivity index (χ0) is 19.9. The Morgan fingerprint density at radius 3 is 2.54 bits per heavy atom. The van der Waals surface area contributed by atoms with E-state index >= 15 is 0 Å². The second-order valence-corrected chi connectivity index (χ2v) is 6.60. The maximum atomic E-state index is 13.8. The second kappa shape index (κ2) is 9.20. The zero-order valence-corrected chi connectivity index (χ0v) is 16.0. The van der Waals surface area contributed by atoms with Gasteiger partial charge in [-0.15, -0.1) is 0 Å². The van der Waals surface area contributed by atoms with Crippen molar-refractivity contribution in [1.29, 1.82) is 0 Å². The Balaban J connectivity index is 1.57. The van der Waals surface area contributed by atoms with Crippen LogP contribution in [0, 0.1) is 12.7 Å². The number of amides is 1. The normalized spacial score (nSPS) is 10.8. The number of hydrogen-bond donors (Lipinski definition) is 1. The molecule has 0 aliphatic carbocycles. The number of halogens is 2. The minimum absolute atomic E-state index is 0.0412. The monoisotopic (exact) mass is 395 g/mol. The zero-order valence-electron chi connectivity index (χ0n) is 15.3. The third-order valence-corrected chi connectivity index (χ3v) is 4.51. The molecule has 1 amide bonds. The molecule has 0 unspecified atom stereocenters. The van der Waals surface area contributed by atoms with E-state index in [1.165, 1.54) is 12.1 Å². The van der Waals surface area contributed by atoms with Crippen molar-refractivity contribution < 1.29 is 13.9 Å². The largest absolute Gasteiger partial charge is 0.489 e. The molecule has 0 aliphatic heterocycles. The maximum absolute atomic E-state index is 13.8. The molecule has 0 radical (unpaired) electrons. The van der Waals surface area contributed by atoms with E-state index in [1.807, 2.05) is 43.3 Å². The highest BCUT2D eigenvalue weighted by molar-refractivity contribution is 6.31. The van der Waals surface area contributed by atoms with E-state index in [1.54, 1.807) is 30.3 Å². The van der Waals surface area contributed by atoms with E-state index in [-0.39, 0.29) is 12.5 Å². The van der Waals surface area contributed by atoms with Crippen LogP contribution in [0.4, 0.5) is 10.1 Å². The Labute approximate surface area is 168 Å². The van der Waals surface area contributed by atoms with Crippen molar-refractivity contribution in [2.45, 2.75) is 13.5 Å². The van der Waals surface area contributed by atoms with Gasteiger partial charge in [-0.25, -0.2) is 4.39 Å². The molecule has 0 atom stereocenters. The Bertz CT molecular complexity index is 979. The van der Waals surface area contributed by atoms with Gasteiger partial charge in [-0.3, -0.25) is 4.79 Å². The summed E-state index contributed by atoms with van der Waals surface area (Å²) in [5.41, 5.74) is 2.95. The topological polar surface area (TPSA) is 38.3 Å². The first-order valence-electron chi connectivity index (χ1n) is 8.73. The van der Waals surface area contributed by atoms with E-state index in [2.05, 4.69) is 5.32 Å². The number of para-hydroxylation sites is 1. The summed E-state index contributed by atoms with van der Waals surface area (Å²) in [4.78, 5) is 12.1. The van der Waals surface area contributed by atoms with Crippen LogP contribution in [0.3, 0.4) is 0 Å². The fraction of sp³-hybridized carbons (Fsp3) is 0.0870. The summed E-state index contributed by atoms with van der Waals surface area (Å²) in [5, 5.41) is 3.18. The van der Waals surface area contributed by atoms with Gasteiger partial charge in [0.15, 0.2) is 0 Å². The van der Waals surface area contributed by atoms with E-state index < -0.39 is 5.82 Å². The molecule has 3 aromatic carbocycles. The fourth-order valence-corrected chi connectivity index (χ4v) is 2.78. The highest BCUT2D eigenvalue weighted by atomic mass is 35.5. The van der Waals surface area contributed by atoms with Gasteiger partial charge >= 0.3 is 0 Å². The van der Waals surface area contributed by atoms with Crippen LogP contribution in [0.5, 0.6) is 5.75 Å². The summed E-state index contributed by atoms with van der Waals surface area (Å²) < 4.78 is 19.4. The summed E-state index contributed by atoms with van der Waals surface area (Å²) in [5.74, 6) is -0.0172. The first-order chi connectivity index (χ1) is 13.5. The minimum atomic E-state index is -0.397. The van der Waals surface area contributed by atoms with Crippen molar-refractivity contribution >= 4 is 29.3 Å². The van der Waals surface area contributed by atoms with Crippen LogP contribution < -0.4 is 10.1 Å². The van der Waals surface area contributed by atoms with Crippen LogP contribution in [-0.4, -0.2) is 5.91 Å². The first-order valence-corrected chi connectivity index (χ1v) is 9.11. The van der Waals surface area contributed by atoms with Crippen molar-refractivity contribution in [2.24, 2.45) is 0 Å². The first kappa shape index (κ1) is 19.6. The van der Waals surface area contributed by atoms with Crippen LogP contribution in [-0.2, 0) is 11.4 Å². The number of carbonyl (C=O) groups is 1. The molecule has 1 N–H and O–H groups in total. The van der Waals surface area contributed by atoms with E-state index in [0.717, 1.165) is 16.8 Å². The molecule has 5 heteroatoms. The predicted molar refractivity (Wildman–Crippen MR) is 111 cm³/mol. The lowest BCUT2D eigenvalue weighted by Gasteiger charge is -2.09. The average molecular weight is 396 g/mol. The molecule has 0 saturated heterocycles. The summed E-state index contributed by atoms with van der Waals surface area (Å²) in [6.45, 7) is 1.98. The molecular formula is C23H19ClFNO2. The van der Waals surface area contributed by atoms with Crippen molar-refractivity contribution in [2.75, 3.05) is 5.32 Å². The van der Waals surface area contributed by atoms with Gasteiger partial charge in [-0.05, 0) is 54.5 Å². The smallest absolute Gasteiger partial charge is 0.248 e. The summed E-state index contributed by atoms with van der Waals surface area (Å²) >= 11 is 5.99. The van der Waals surface area contributed by atoms with Crippen LogP contribution in [0.2, 0.25) is 5.02 Å². The molecule has 142 valence electrons. The standard InChI is InChI=1S/C23H19ClFNO2/c1-16-5-2-3-8-22(16)26-23(27)14-11-17-9-12-18(13-10-17)28-15-19-20(24)6-4-7-21(19)25/h2-14H,15H2,1H3,(H,26,27). The number of hydrogen-bond acceptors (Lipinski definition) is 2. The third-order valence-electron chi connectivity index (χ3n) is 4.16. The van der Waals surface area contributed by atoms with E-state index in [9.17, 15) is 9.18 Å². The van der Waals surface area contributed by atoms with Crippen molar-refractivity contribution in [3.05, 3.63) is 100 Å². The predicted octanol–water partition coefficient (Wildman–Crippen LogP) is 6.02. The molecule has 0 bridgehead atoms. The van der Waals surface area contributed by atoms with E-state index in [0.29, 0.717) is 16.3 Å². The lowest BCUT2D eigenvalue weighted by molar-refractivity contribution is -0.111. The molecular weight excluding hydrogens is 377 g/mol. The van der Waals surface area contributed by atoms with Crippen molar-refractivity contribution in [1.82, 2.24) is 0 Å². The van der Waals surface area contributed by atoms with E-state index in [4.69, 9.17) is 16.3 Å². The lowest BCUT2D eigenvalue weighted by Crippen LogP contribution is -2.08. The summed E-state index contributed by atoms with van der Waals surface area (Å²) in [6, 6.07) is 19.3. The van der Waals surface area contributed by atoms with Crippen LogP contribution in [0.1, 0.15) is 16.7 Å². The van der Waals surface area contributed by atoms with Gasteiger partial charge in [0.05, 0.1) is 5.02 Å². The van der Waals surface area contributed by atoms with Gasteiger partial charge in [0.2, 0.25) is 5.91 Å². The Morgan fingerprint density at radius 2 is 1.82 bits per heavy atom. The molecule has 3 nitrogen and oxygen atoms in total. The molecule has 0 spiro atoms. The quantitative estimate of drug-likeness (QED) is 0.518. The van der Waals surface area contributed by atoms with Gasteiger partial charge in [-0.1, -0.05) is 48.0 Å².